The van der Waals surface area contributed by atoms with E-state index in [4.69, 9.17) is 15.2 Å². The Morgan fingerprint density at radius 3 is 2.17 bits per heavy atom. The monoisotopic (exact) mass is 175 g/mol. The van der Waals surface area contributed by atoms with Gasteiger partial charge in [0.1, 0.15) is 0 Å². The summed E-state index contributed by atoms with van der Waals surface area (Å²) in [5, 5.41) is 0. The molecule has 0 saturated carbocycles. The summed E-state index contributed by atoms with van der Waals surface area (Å²) < 4.78 is 10.7. The van der Waals surface area contributed by atoms with Gasteiger partial charge in [0.25, 0.3) is 0 Å². The average molecular weight is 175 g/mol. The fraction of sp³-hybridized carbons (Fsp3) is 1.00. The highest BCUT2D eigenvalue weighted by Gasteiger charge is 2.00. The van der Waals surface area contributed by atoms with Gasteiger partial charge < -0.3 is 15.2 Å². The molecule has 2 N–H and O–H groups in total. The lowest BCUT2D eigenvalue weighted by Crippen LogP contribution is -2.18. The molecule has 74 valence electrons. The summed E-state index contributed by atoms with van der Waals surface area (Å²) in [6.07, 6.45) is 1.46. The van der Waals surface area contributed by atoms with Gasteiger partial charge in [0, 0.05) is 0 Å². The summed E-state index contributed by atoms with van der Waals surface area (Å²) >= 11 is 0. The minimum atomic E-state index is 0.255. The summed E-state index contributed by atoms with van der Waals surface area (Å²) in [7, 11) is 0. The predicted molar refractivity (Wildman–Crippen MR) is 50.2 cm³/mol. The first kappa shape index (κ1) is 11.9. The Bertz CT molecular complexity index is 96.5. The molecule has 3 nitrogen and oxygen atoms in total. The maximum Gasteiger partial charge on any atom is 0.0704 e. The Morgan fingerprint density at radius 2 is 1.67 bits per heavy atom. The molecular formula is C9H21NO2. The molecule has 0 aliphatic heterocycles. The Morgan fingerprint density at radius 1 is 1.08 bits per heavy atom. The molecule has 0 spiro atoms. The summed E-state index contributed by atoms with van der Waals surface area (Å²) in [5.74, 6) is 0. The maximum absolute atomic E-state index is 5.43. The molecule has 3 heteroatoms. The van der Waals surface area contributed by atoms with Gasteiger partial charge in [-0.15, -0.1) is 0 Å². The van der Waals surface area contributed by atoms with Gasteiger partial charge in [0.2, 0.25) is 0 Å². The molecule has 0 aromatic rings. The van der Waals surface area contributed by atoms with Crippen LogP contribution in [0.5, 0.6) is 0 Å². The first-order valence-electron chi connectivity index (χ1n) is 4.60. The standard InChI is InChI=1S/C9H21NO2/c1-8(2)11-6-7-12-9(3)4-5-10/h8-9H,4-7,10H2,1-3H3. The lowest BCUT2D eigenvalue weighted by atomic mass is 10.3. The quantitative estimate of drug-likeness (QED) is 0.591. The van der Waals surface area contributed by atoms with Crippen molar-refractivity contribution in [1.82, 2.24) is 0 Å². The van der Waals surface area contributed by atoms with Crippen molar-refractivity contribution in [1.29, 1.82) is 0 Å². The zero-order valence-electron chi connectivity index (χ0n) is 8.38. The first-order valence-corrected chi connectivity index (χ1v) is 4.60. The minimum absolute atomic E-state index is 0.255. The number of rotatable bonds is 7. The molecule has 0 bridgehead atoms. The second-order valence-corrected chi connectivity index (χ2v) is 3.18. The van der Waals surface area contributed by atoms with Crippen molar-refractivity contribution in [3.63, 3.8) is 0 Å². The van der Waals surface area contributed by atoms with Crippen LogP contribution in [0.25, 0.3) is 0 Å². The van der Waals surface area contributed by atoms with Gasteiger partial charge in [-0.1, -0.05) is 0 Å². The van der Waals surface area contributed by atoms with Crippen molar-refractivity contribution in [3.05, 3.63) is 0 Å². The van der Waals surface area contributed by atoms with E-state index in [2.05, 4.69) is 0 Å². The van der Waals surface area contributed by atoms with Gasteiger partial charge in [-0.25, -0.2) is 0 Å². The Labute approximate surface area is 75.2 Å². The van der Waals surface area contributed by atoms with Crippen LogP contribution in [0.2, 0.25) is 0 Å². The number of hydrogen-bond acceptors (Lipinski definition) is 3. The molecule has 0 heterocycles. The molecule has 0 aromatic heterocycles. The molecule has 0 rings (SSSR count). The van der Waals surface area contributed by atoms with Crippen LogP contribution in [0.1, 0.15) is 27.2 Å². The highest BCUT2D eigenvalue weighted by molar-refractivity contribution is 4.49. The molecule has 0 amide bonds. The third-order valence-corrected chi connectivity index (χ3v) is 1.51. The van der Waals surface area contributed by atoms with Gasteiger partial charge in [-0.05, 0) is 33.7 Å². The maximum atomic E-state index is 5.43. The van der Waals surface area contributed by atoms with E-state index < -0.39 is 0 Å². The normalized spacial score (nSPS) is 13.8. The van der Waals surface area contributed by atoms with Crippen LogP contribution in [-0.4, -0.2) is 32.0 Å². The van der Waals surface area contributed by atoms with Crippen LogP contribution in [0.4, 0.5) is 0 Å². The second-order valence-electron chi connectivity index (χ2n) is 3.18. The largest absolute Gasteiger partial charge is 0.376 e. The molecule has 0 radical (unpaired) electrons. The minimum Gasteiger partial charge on any atom is -0.376 e. The lowest BCUT2D eigenvalue weighted by Gasteiger charge is -2.12. The van der Waals surface area contributed by atoms with E-state index >= 15 is 0 Å². The van der Waals surface area contributed by atoms with E-state index in [0.717, 1.165) is 6.42 Å². The molecule has 1 unspecified atom stereocenters. The summed E-state index contributed by atoms with van der Waals surface area (Å²) in [5.41, 5.74) is 5.37. The van der Waals surface area contributed by atoms with Crippen LogP contribution < -0.4 is 5.73 Å². The summed E-state index contributed by atoms with van der Waals surface area (Å²) in [6.45, 7) is 8.09. The van der Waals surface area contributed by atoms with E-state index in [1.54, 1.807) is 0 Å². The highest BCUT2D eigenvalue weighted by Crippen LogP contribution is 1.95. The average Bonchev–Trinajstić information content (AvgIpc) is 1.98. The number of nitrogens with two attached hydrogens (primary N) is 1. The van der Waals surface area contributed by atoms with E-state index in [9.17, 15) is 0 Å². The van der Waals surface area contributed by atoms with Crippen molar-refractivity contribution in [2.75, 3.05) is 19.8 Å². The molecule has 12 heavy (non-hydrogen) atoms. The third kappa shape index (κ3) is 7.98. The molecule has 0 saturated heterocycles. The van der Waals surface area contributed by atoms with Gasteiger partial charge >= 0.3 is 0 Å². The topological polar surface area (TPSA) is 44.5 Å². The van der Waals surface area contributed by atoms with Crippen LogP contribution in [0.3, 0.4) is 0 Å². The van der Waals surface area contributed by atoms with E-state index in [0.29, 0.717) is 25.9 Å². The number of ether oxygens (including phenoxy) is 2. The third-order valence-electron chi connectivity index (χ3n) is 1.51. The summed E-state index contributed by atoms with van der Waals surface area (Å²) in [4.78, 5) is 0. The molecule has 1 atom stereocenters. The van der Waals surface area contributed by atoms with Crippen LogP contribution in [-0.2, 0) is 9.47 Å². The molecule has 0 aliphatic rings. The van der Waals surface area contributed by atoms with E-state index in [-0.39, 0.29) is 6.10 Å². The first-order chi connectivity index (χ1) is 5.66. The fourth-order valence-electron chi connectivity index (χ4n) is 0.851. The Balaban J connectivity index is 3.08. The van der Waals surface area contributed by atoms with Crippen molar-refractivity contribution >= 4 is 0 Å². The summed E-state index contributed by atoms with van der Waals surface area (Å²) in [6, 6.07) is 0. The smallest absolute Gasteiger partial charge is 0.0704 e. The zero-order chi connectivity index (χ0) is 9.40. The van der Waals surface area contributed by atoms with E-state index in [1.165, 1.54) is 0 Å². The fourth-order valence-corrected chi connectivity index (χ4v) is 0.851. The predicted octanol–water partition coefficient (Wildman–Crippen LogP) is 1.17. The van der Waals surface area contributed by atoms with Gasteiger partial charge in [-0.2, -0.15) is 0 Å². The van der Waals surface area contributed by atoms with Gasteiger partial charge in [-0.3, -0.25) is 0 Å². The SMILES string of the molecule is CC(C)OCCOC(C)CCN. The van der Waals surface area contributed by atoms with Crippen molar-refractivity contribution in [2.24, 2.45) is 5.73 Å². The van der Waals surface area contributed by atoms with Crippen molar-refractivity contribution in [3.8, 4) is 0 Å². The van der Waals surface area contributed by atoms with E-state index in [1.807, 2.05) is 20.8 Å². The Kier molecular flexibility index (Phi) is 7.45. The van der Waals surface area contributed by atoms with Gasteiger partial charge in [0.15, 0.2) is 0 Å². The Hall–Kier alpha value is -0.120. The van der Waals surface area contributed by atoms with Crippen LogP contribution in [0.15, 0.2) is 0 Å². The van der Waals surface area contributed by atoms with Crippen molar-refractivity contribution in [2.45, 2.75) is 39.4 Å². The van der Waals surface area contributed by atoms with Crippen LogP contribution >= 0.6 is 0 Å². The molecule has 0 aliphatic carbocycles. The highest BCUT2D eigenvalue weighted by atomic mass is 16.5. The number of hydrogen-bond donors (Lipinski definition) is 1. The van der Waals surface area contributed by atoms with Crippen LogP contribution in [0, 0.1) is 0 Å². The lowest BCUT2D eigenvalue weighted by molar-refractivity contribution is -0.00812. The van der Waals surface area contributed by atoms with Crippen molar-refractivity contribution < 1.29 is 9.47 Å². The molecular weight excluding hydrogens is 154 g/mol. The van der Waals surface area contributed by atoms with Gasteiger partial charge in [0.05, 0.1) is 25.4 Å². The molecule has 0 fully saturated rings. The zero-order valence-corrected chi connectivity index (χ0v) is 8.38. The molecule has 0 aromatic carbocycles. The second kappa shape index (κ2) is 7.53.